The van der Waals surface area contributed by atoms with Gasteiger partial charge >= 0.3 is 5.97 Å². The van der Waals surface area contributed by atoms with Crippen LogP contribution in [-0.2, 0) is 25.9 Å². The van der Waals surface area contributed by atoms with E-state index in [4.69, 9.17) is 9.47 Å². The normalized spacial score (nSPS) is 16.2. The Balaban J connectivity index is 1.36. The molecule has 1 aliphatic rings. The van der Waals surface area contributed by atoms with E-state index < -0.39 is 22.6 Å². The number of benzene rings is 2. The summed E-state index contributed by atoms with van der Waals surface area (Å²) in [5.41, 5.74) is 2.63. The number of sulfonamides is 1. The summed E-state index contributed by atoms with van der Waals surface area (Å²) in [5.74, 6) is -1.02. The molecule has 1 saturated heterocycles. The fraction of sp³-hybridized carbons (Fsp3) is 0.333. The number of esters is 1. The molecule has 2 heterocycles. The van der Waals surface area contributed by atoms with Crippen LogP contribution in [0.4, 0.5) is 0 Å². The van der Waals surface area contributed by atoms with Crippen LogP contribution in [0.25, 0.3) is 10.9 Å². The topological polar surface area (TPSA) is 115 Å². The van der Waals surface area contributed by atoms with Gasteiger partial charge in [-0.05, 0) is 49.1 Å². The van der Waals surface area contributed by atoms with Crippen molar-refractivity contribution >= 4 is 32.7 Å². The lowest BCUT2D eigenvalue weighted by Gasteiger charge is -2.11. The Morgan fingerprint density at radius 2 is 1.97 bits per heavy atom. The molecule has 1 atom stereocenters. The first kappa shape index (κ1) is 23.2. The summed E-state index contributed by atoms with van der Waals surface area (Å²) in [7, 11) is -3.71. The van der Waals surface area contributed by atoms with Gasteiger partial charge < -0.3 is 14.5 Å². The maximum Gasteiger partial charge on any atom is 0.338 e. The van der Waals surface area contributed by atoms with E-state index in [1.807, 2.05) is 25.1 Å². The molecule has 0 bridgehead atoms. The zero-order valence-electron chi connectivity index (χ0n) is 18.3. The monoisotopic (exact) mass is 470 g/mol. The second-order valence-electron chi connectivity index (χ2n) is 7.91. The van der Waals surface area contributed by atoms with E-state index in [0.717, 1.165) is 35.7 Å². The fourth-order valence-corrected chi connectivity index (χ4v) is 4.96. The average Bonchev–Trinajstić information content (AvgIpc) is 3.51. The number of aromatic nitrogens is 1. The molecular formula is C24H26N2O6S. The molecule has 3 aromatic rings. The molecule has 0 aliphatic carbocycles. The third kappa shape index (κ3) is 5.16. The number of H-pyrrole nitrogens is 1. The van der Waals surface area contributed by atoms with Crippen LogP contribution in [0.15, 0.2) is 53.6 Å². The second-order valence-corrected chi connectivity index (χ2v) is 9.67. The second kappa shape index (κ2) is 9.86. The number of nitrogens with one attached hydrogen (secondary N) is 2. The molecule has 8 nitrogen and oxygen atoms in total. The summed E-state index contributed by atoms with van der Waals surface area (Å²) in [5, 5.41) is 0.792. The summed E-state index contributed by atoms with van der Waals surface area (Å²) in [4.78, 5) is 28.2. The molecule has 2 aromatic carbocycles. The van der Waals surface area contributed by atoms with Crippen LogP contribution in [-0.4, -0.2) is 51.0 Å². The third-order valence-corrected chi connectivity index (χ3v) is 7.18. The minimum atomic E-state index is -3.71. The minimum Gasteiger partial charge on any atom is -0.454 e. The largest absolute Gasteiger partial charge is 0.454 e. The highest BCUT2D eigenvalue weighted by atomic mass is 32.2. The number of hydrogen-bond donors (Lipinski definition) is 2. The summed E-state index contributed by atoms with van der Waals surface area (Å²) >= 11 is 0. The van der Waals surface area contributed by atoms with Crippen molar-refractivity contribution in [3.8, 4) is 0 Å². The van der Waals surface area contributed by atoms with Crippen LogP contribution in [0.5, 0.6) is 0 Å². The standard InChI is InChI=1S/C24H26N2O6S/c1-2-16-5-3-7-20-21(14-25-23(16)20)22(27)15-32-24(28)17-8-10-19(11-9-17)33(29,30)26-13-18-6-4-12-31-18/h3,5,7-11,14,18,25-26H,2,4,6,12-13,15H2,1H3. The SMILES string of the molecule is CCc1cccc2c(C(=O)COC(=O)c3ccc(S(=O)(=O)NCC4CCCO4)cc3)c[nH]c12. The van der Waals surface area contributed by atoms with E-state index in [0.29, 0.717) is 12.2 Å². The van der Waals surface area contributed by atoms with Gasteiger partial charge in [0.15, 0.2) is 6.61 Å². The fourth-order valence-electron chi connectivity index (χ4n) is 3.90. The Labute approximate surface area is 192 Å². The number of hydrogen-bond acceptors (Lipinski definition) is 6. The minimum absolute atomic E-state index is 0.0404. The van der Waals surface area contributed by atoms with Crippen LogP contribution in [0, 0.1) is 0 Å². The number of carbonyl (C=O) groups excluding carboxylic acids is 2. The van der Waals surface area contributed by atoms with Crippen molar-refractivity contribution in [3.63, 3.8) is 0 Å². The lowest BCUT2D eigenvalue weighted by atomic mass is 10.1. The summed E-state index contributed by atoms with van der Waals surface area (Å²) in [6, 6.07) is 11.1. The van der Waals surface area contributed by atoms with Gasteiger partial charge in [-0.2, -0.15) is 0 Å². The molecule has 9 heteroatoms. The highest BCUT2D eigenvalue weighted by Crippen LogP contribution is 2.23. The molecular weight excluding hydrogens is 444 g/mol. The molecule has 33 heavy (non-hydrogen) atoms. The van der Waals surface area contributed by atoms with Crippen molar-refractivity contribution in [3.05, 3.63) is 65.4 Å². The van der Waals surface area contributed by atoms with Crippen molar-refractivity contribution in [1.29, 1.82) is 0 Å². The number of fused-ring (bicyclic) bond motifs is 1. The van der Waals surface area contributed by atoms with Crippen molar-refractivity contribution in [2.75, 3.05) is 19.8 Å². The molecule has 1 unspecified atom stereocenters. The molecule has 0 radical (unpaired) electrons. The first-order valence-corrected chi connectivity index (χ1v) is 12.4. The Hall–Kier alpha value is -3.01. The Morgan fingerprint density at radius 1 is 1.18 bits per heavy atom. The molecule has 0 amide bonds. The Morgan fingerprint density at radius 3 is 2.67 bits per heavy atom. The van der Waals surface area contributed by atoms with Gasteiger partial charge in [0.25, 0.3) is 0 Å². The van der Waals surface area contributed by atoms with Gasteiger partial charge in [-0.3, -0.25) is 4.79 Å². The van der Waals surface area contributed by atoms with Gasteiger partial charge in [-0.1, -0.05) is 25.1 Å². The van der Waals surface area contributed by atoms with E-state index in [9.17, 15) is 18.0 Å². The molecule has 1 aromatic heterocycles. The van der Waals surface area contributed by atoms with Crippen LogP contribution in [0.1, 0.15) is 46.0 Å². The van der Waals surface area contributed by atoms with E-state index >= 15 is 0 Å². The van der Waals surface area contributed by atoms with Crippen LogP contribution < -0.4 is 4.72 Å². The van der Waals surface area contributed by atoms with E-state index in [-0.39, 0.29) is 28.9 Å². The number of ether oxygens (including phenoxy) is 2. The number of rotatable bonds is 9. The number of carbonyl (C=O) groups is 2. The number of Topliss-reactive ketones (excluding diaryl/α,β-unsaturated/α-hetero) is 1. The van der Waals surface area contributed by atoms with Crippen LogP contribution in [0.3, 0.4) is 0 Å². The van der Waals surface area contributed by atoms with Crippen molar-refractivity contribution < 1.29 is 27.5 Å². The van der Waals surface area contributed by atoms with Crippen molar-refractivity contribution in [2.45, 2.75) is 37.2 Å². The zero-order chi connectivity index (χ0) is 23.4. The van der Waals surface area contributed by atoms with Gasteiger partial charge in [-0.15, -0.1) is 0 Å². The van der Waals surface area contributed by atoms with Crippen molar-refractivity contribution in [2.24, 2.45) is 0 Å². The lowest BCUT2D eigenvalue weighted by molar-refractivity contribution is 0.0475. The highest BCUT2D eigenvalue weighted by molar-refractivity contribution is 7.89. The number of para-hydroxylation sites is 1. The van der Waals surface area contributed by atoms with E-state index in [1.54, 1.807) is 6.20 Å². The number of aromatic amines is 1. The smallest absolute Gasteiger partial charge is 0.338 e. The molecule has 1 aliphatic heterocycles. The number of ketones is 1. The molecule has 0 saturated carbocycles. The van der Waals surface area contributed by atoms with Gasteiger partial charge in [-0.25, -0.2) is 17.9 Å². The quantitative estimate of drug-likeness (QED) is 0.367. The van der Waals surface area contributed by atoms with E-state index in [2.05, 4.69) is 9.71 Å². The molecule has 4 rings (SSSR count). The maximum atomic E-state index is 12.6. The van der Waals surface area contributed by atoms with Crippen molar-refractivity contribution in [1.82, 2.24) is 9.71 Å². The molecule has 174 valence electrons. The Bertz CT molecular complexity index is 1260. The highest BCUT2D eigenvalue weighted by Gasteiger charge is 2.21. The predicted molar refractivity (Wildman–Crippen MR) is 123 cm³/mol. The van der Waals surface area contributed by atoms with Gasteiger partial charge in [0, 0.05) is 35.8 Å². The third-order valence-electron chi connectivity index (χ3n) is 5.74. The maximum absolute atomic E-state index is 12.6. The number of aryl methyl sites for hydroxylation is 1. The average molecular weight is 471 g/mol. The van der Waals surface area contributed by atoms with Crippen LogP contribution >= 0.6 is 0 Å². The Kier molecular flexibility index (Phi) is 6.92. The lowest BCUT2D eigenvalue weighted by Crippen LogP contribution is -2.31. The molecule has 0 spiro atoms. The summed E-state index contributed by atoms with van der Waals surface area (Å²) in [6.07, 6.45) is 4.09. The molecule has 2 N–H and O–H groups in total. The van der Waals surface area contributed by atoms with Gasteiger partial charge in [0.1, 0.15) is 0 Å². The van der Waals surface area contributed by atoms with Gasteiger partial charge in [0.05, 0.1) is 16.6 Å². The van der Waals surface area contributed by atoms with Gasteiger partial charge in [0.2, 0.25) is 15.8 Å². The zero-order valence-corrected chi connectivity index (χ0v) is 19.1. The molecule has 1 fully saturated rings. The summed E-state index contributed by atoms with van der Waals surface area (Å²) < 4.78 is 38.0. The van der Waals surface area contributed by atoms with E-state index in [1.165, 1.54) is 24.3 Å². The first-order chi connectivity index (χ1) is 15.9. The first-order valence-electron chi connectivity index (χ1n) is 10.9. The summed E-state index contributed by atoms with van der Waals surface area (Å²) in [6.45, 7) is 2.48. The predicted octanol–water partition coefficient (Wildman–Crippen LogP) is 3.23. The van der Waals surface area contributed by atoms with Crippen LogP contribution in [0.2, 0.25) is 0 Å².